The zero-order valence-corrected chi connectivity index (χ0v) is 14.8. The summed E-state index contributed by atoms with van der Waals surface area (Å²) < 4.78 is 1.62. The van der Waals surface area contributed by atoms with Crippen LogP contribution in [-0.4, -0.2) is 95.0 Å². The predicted molar refractivity (Wildman–Crippen MR) is 91.7 cm³/mol. The lowest BCUT2D eigenvalue weighted by molar-refractivity contribution is 0.0768. The van der Waals surface area contributed by atoms with Gasteiger partial charge in [-0.1, -0.05) is 0 Å². The van der Waals surface area contributed by atoms with Gasteiger partial charge in [0.1, 0.15) is 5.69 Å². The lowest BCUT2D eigenvalue weighted by Crippen LogP contribution is -2.36. The highest BCUT2D eigenvalue weighted by molar-refractivity contribution is 5.92. The first-order valence-corrected chi connectivity index (χ1v) is 8.87. The number of aryl methyl sites for hydroxylation is 1. The van der Waals surface area contributed by atoms with Crippen molar-refractivity contribution >= 4 is 5.91 Å². The number of likely N-dealkylation sites (tertiary alicyclic amines) is 1. The van der Waals surface area contributed by atoms with Gasteiger partial charge in [-0.25, -0.2) is 0 Å². The number of aliphatic hydroxyl groups excluding tert-OH is 1. The minimum atomic E-state index is 0.0200. The van der Waals surface area contributed by atoms with E-state index in [0.717, 1.165) is 39.3 Å². The second-order valence-electron chi connectivity index (χ2n) is 7.21. The lowest BCUT2D eigenvalue weighted by Gasteiger charge is -2.26. The number of rotatable bonds is 4. The summed E-state index contributed by atoms with van der Waals surface area (Å²) in [5.74, 6) is 0.533. The van der Waals surface area contributed by atoms with Crippen molar-refractivity contribution in [1.29, 1.82) is 0 Å². The second kappa shape index (κ2) is 7.63. The molecule has 0 saturated carbocycles. The Hall–Kier alpha value is -1.44. The van der Waals surface area contributed by atoms with E-state index in [1.165, 1.54) is 6.42 Å². The molecule has 3 heterocycles. The van der Waals surface area contributed by atoms with Gasteiger partial charge in [-0.05, 0) is 38.5 Å². The molecule has 134 valence electrons. The third kappa shape index (κ3) is 3.79. The molecule has 0 bridgehead atoms. The van der Waals surface area contributed by atoms with E-state index < -0.39 is 0 Å². The van der Waals surface area contributed by atoms with Crippen molar-refractivity contribution in [3.63, 3.8) is 0 Å². The van der Waals surface area contributed by atoms with Gasteiger partial charge < -0.3 is 19.8 Å². The van der Waals surface area contributed by atoms with Crippen LogP contribution in [0.2, 0.25) is 0 Å². The fraction of sp³-hybridized carbons (Fsp3) is 0.765. The lowest BCUT2D eigenvalue weighted by atomic mass is 9.96. The average molecular weight is 335 g/mol. The number of likely N-dealkylation sites (N-methyl/N-ethyl adjacent to an activating group) is 1. The molecule has 1 N–H and O–H groups in total. The molecule has 0 unspecified atom stereocenters. The molecule has 1 aromatic rings. The van der Waals surface area contributed by atoms with Crippen molar-refractivity contribution in [3.8, 4) is 0 Å². The van der Waals surface area contributed by atoms with Crippen LogP contribution in [0.25, 0.3) is 0 Å². The highest BCUT2D eigenvalue weighted by Gasteiger charge is 2.36. The number of hydrogen-bond donors (Lipinski definition) is 1. The van der Waals surface area contributed by atoms with Gasteiger partial charge in [0.05, 0.1) is 0 Å². The van der Waals surface area contributed by atoms with Gasteiger partial charge in [0.15, 0.2) is 0 Å². The number of aliphatic hydroxyl groups is 1. The summed E-state index contributed by atoms with van der Waals surface area (Å²) in [6.07, 6.45) is 2.84. The van der Waals surface area contributed by atoms with Gasteiger partial charge in [0, 0.05) is 58.5 Å². The maximum absolute atomic E-state index is 12.7. The van der Waals surface area contributed by atoms with Gasteiger partial charge >= 0.3 is 0 Å². The van der Waals surface area contributed by atoms with Crippen LogP contribution in [0.3, 0.4) is 0 Å². The Kier molecular flexibility index (Phi) is 5.53. The number of aromatic nitrogens is 2. The zero-order valence-electron chi connectivity index (χ0n) is 14.8. The van der Waals surface area contributed by atoms with Crippen molar-refractivity contribution in [3.05, 3.63) is 18.0 Å². The Morgan fingerprint density at radius 2 is 2.00 bits per heavy atom. The van der Waals surface area contributed by atoms with E-state index in [0.29, 0.717) is 18.2 Å². The molecule has 1 amide bonds. The summed E-state index contributed by atoms with van der Waals surface area (Å²) in [5, 5.41) is 13.9. The summed E-state index contributed by atoms with van der Waals surface area (Å²) >= 11 is 0. The van der Waals surface area contributed by atoms with E-state index >= 15 is 0 Å². The molecule has 0 aromatic carbocycles. The monoisotopic (exact) mass is 335 g/mol. The summed E-state index contributed by atoms with van der Waals surface area (Å²) in [6.45, 7) is 6.89. The molecule has 2 aliphatic heterocycles. The van der Waals surface area contributed by atoms with Crippen LogP contribution in [0.15, 0.2) is 12.3 Å². The van der Waals surface area contributed by atoms with Gasteiger partial charge in [0.2, 0.25) is 0 Å². The van der Waals surface area contributed by atoms with E-state index in [9.17, 15) is 9.90 Å². The van der Waals surface area contributed by atoms with Crippen LogP contribution < -0.4 is 0 Å². The van der Waals surface area contributed by atoms with E-state index in [-0.39, 0.29) is 18.4 Å². The Balaban J connectivity index is 1.62. The van der Waals surface area contributed by atoms with Crippen LogP contribution in [0.5, 0.6) is 0 Å². The van der Waals surface area contributed by atoms with Crippen LogP contribution in [0.1, 0.15) is 16.9 Å². The molecule has 2 fully saturated rings. The first-order chi connectivity index (χ1) is 11.6. The second-order valence-corrected chi connectivity index (χ2v) is 7.21. The minimum Gasteiger partial charge on any atom is -0.396 e. The third-order valence-electron chi connectivity index (χ3n) is 5.44. The molecular formula is C17H29N5O2. The molecule has 0 aliphatic carbocycles. The van der Waals surface area contributed by atoms with E-state index in [4.69, 9.17) is 0 Å². The van der Waals surface area contributed by atoms with Crippen molar-refractivity contribution in [2.45, 2.75) is 6.42 Å². The number of nitrogens with zero attached hydrogens (tertiary/aromatic N) is 5. The van der Waals surface area contributed by atoms with E-state index in [1.54, 1.807) is 24.0 Å². The average Bonchev–Trinajstić information content (AvgIpc) is 3.11. The molecule has 2 aliphatic rings. The highest BCUT2D eigenvalue weighted by atomic mass is 16.3. The van der Waals surface area contributed by atoms with Crippen LogP contribution >= 0.6 is 0 Å². The Morgan fingerprint density at radius 1 is 1.21 bits per heavy atom. The molecule has 3 rings (SSSR count). The summed E-state index contributed by atoms with van der Waals surface area (Å²) in [7, 11) is 3.96. The van der Waals surface area contributed by atoms with Crippen molar-refractivity contribution < 1.29 is 9.90 Å². The van der Waals surface area contributed by atoms with Crippen molar-refractivity contribution in [2.24, 2.45) is 18.9 Å². The number of amides is 1. The van der Waals surface area contributed by atoms with Crippen LogP contribution in [0.4, 0.5) is 0 Å². The molecule has 2 saturated heterocycles. The Bertz CT molecular complexity index is 561. The highest BCUT2D eigenvalue weighted by Crippen LogP contribution is 2.26. The molecule has 2 atom stereocenters. The van der Waals surface area contributed by atoms with E-state index in [1.807, 2.05) is 4.90 Å². The van der Waals surface area contributed by atoms with Crippen LogP contribution in [0, 0.1) is 11.8 Å². The summed E-state index contributed by atoms with van der Waals surface area (Å²) in [5.41, 5.74) is 0.615. The summed E-state index contributed by atoms with van der Waals surface area (Å²) in [4.78, 5) is 19.4. The maximum Gasteiger partial charge on any atom is 0.272 e. The largest absolute Gasteiger partial charge is 0.396 e. The Morgan fingerprint density at radius 3 is 2.71 bits per heavy atom. The molecule has 7 heteroatoms. The van der Waals surface area contributed by atoms with Crippen molar-refractivity contribution in [1.82, 2.24) is 24.5 Å². The molecule has 0 radical (unpaired) electrons. The quantitative estimate of drug-likeness (QED) is 0.821. The zero-order chi connectivity index (χ0) is 17.1. The number of carbonyl (C=O) groups is 1. The normalized spacial score (nSPS) is 26.7. The van der Waals surface area contributed by atoms with Gasteiger partial charge in [0.25, 0.3) is 5.91 Å². The Labute approximate surface area is 143 Å². The first-order valence-electron chi connectivity index (χ1n) is 8.87. The first kappa shape index (κ1) is 17.4. The SMILES string of the molecule is CN1CCCN(C[C@@H]2CN(C(=O)c3ccnn3C)C[C@@H]2CO)CC1. The maximum atomic E-state index is 12.7. The molecule has 0 spiro atoms. The minimum absolute atomic E-state index is 0.0200. The van der Waals surface area contributed by atoms with Crippen molar-refractivity contribution in [2.75, 3.05) is 59.5 Å². The fourth-order valence-electron chi connectivity index (χ4n) is 3.88. The smallest absolute Gasteiger partial charge is 0.272 e. The summed E-state index contributed by atoms with van der Waals surface area (Å²) in [6, 6.07) is 1.76. The standard InChI is InChI=1S/C17H29N5O2/c1-19-6-3-7-21(9-8-19)10-14-11-22(12-15(14)13-23)17(24)16-4-5-18-20(16)2/h4-5,14-15,23H,3,6-13H2,1-2H3/t14-,15-/m1/s1. The topological polar surface area (TPSA) is 64.8 Å². The number of hydrogen-bond acceptors (Lipinski definition) is 5. The van der Waals surface area contributed by atoms with Gasteiger partial charge in [-0.3, -0.25) is 9.48 Å². The predicted octanol–water partition coefficient (Wildman–Crippen LogP) is -0.262. The fourth-order valence-corrected chi connectivity index (χ4v) is 3.88. The molecule has 1 aromatic heterocycles. The molecular weight excluding hydrogens is 306 g/mol. The third-order valence-corrected chi connectivity index (χ3v) is 5.44. The molecule has 7 nitrogen and oxygen atoms in total. The van der Waals surface area contributed by atoms with Gasteiger partial charge in [-0.2, -0.15) is 5.10 Å². The van der Waals surface area contributed by atoms with Crippen LogP contribution in [-0.2, 0) is 7.05 Å². The van der Waals surface area contributed by atoms with E-state index in [2.05, 4.69) is 21.9 Å². The molecule has 24 heavy (non-hydrogen) atoms. The number of carbonyl (C=O) groups excluding carboxylic acids is 1. The van der Waals surface area contributed by atoms with Gasteiger partial charge in [-0.15, -0.1) is 0 Å².